The largest absolute Gasteiger partial charge is 0.494 e. The number of nitrogens with zero attached hydrogens (tertiary/aromatic N) is 3. The van der Waals surface area contributed by atoms with Gasteiger partial charge in [0.1, 0.15) is 23.0 Å². The van der Waals surface area contributed by atoms with Crippen molar-refractivity contribution >= 4 is 23.1 Å². The van der Waals surface area contributed by atoms with Gasteiger partial charge in [0.15, 0.2) is 6.61 Å². The van der Waals surface area contributed by atoms with Crippen molar-refractivity contribution in [3.8, 4) is 28.0 Å². The van der Waals surface area contributed by atoms with Crippen molar-refractivity contribution in [1.29, 1.82) is 0 Å². The minimum absolute atomic E-state index is 0.0499. The Hall–Kier alpha value is -3.92. The lowest BCUT2D eigenvalue weighted by molar-refractivity contribution is -0.118. The summed E-state index contributed by atoms with van der Waals surface area (Å²) >= 11 is 1.52. The second kappa shape index (κ2) is 10.3. The lowest BCUT2D eigenvalue weighted by Crippen LogP contribution is -2.23. The molecular formula is C24H25N5O4S. The molecule has 0 unspecified atom stereocenters. The number of thiophene rings is 1. The van der Waals surface area contributed by atoms with E-state index >= 15 is 0 Å². The Morgan fingerprint density at radius 3 is 2.53 bits per heavy atom. The molecular weight excluding hydrogens is 454 g/mol. The molecule has 1 amide bonds. The first-order valence-corrected chi connectivity index (χ1v) is 11.7. The molecule has 9 nitrogen and oxygen atoms in total. The molecule has 0 aliphatic rings. The maximum atomic E-state index is 12.7. The fourth-order valence-corrected chi connectivity index (χ4v) is 3.84. The first-order chi connectivity index (χ1) is 16.4. The van der Waals surface area contributed by atoms with E-state index in [4.69, 9.17) is 9.47 Å². The Balaban J connectivity index is 1.57. The van der Waals surface area contributed by atoms with Crippen LogP contribution in [0.25, 0.3) is 16.5 Å². The maximum Gasteiger partial charge on any atom is 0.263 e. The number of ether oxygens (including phenoxy) is 2. The average Bonchev–Trinajstić information content (AvgIpc) is 3.49. The zero-order valence-corrected chi connectivity index (χ0v) is 19.9. The standard InChI is InChI=1S/C24H25N5O4S/c1-4-32-16-7-9-17(10-8-16)33-14-23(31)26-21-12-19(20-6-5-11-34-20)28-29(21)24-25-18(15(2)3)13-22(30)27-24/h5-13,15H,4,14H2,1-3H3,(H,26,31)(H,25,27,30). The van der Waals surface area contributed by atoms with Gasteiger partial charge in [-0.2, -0.15) is 9.78 Å². The van der Waals surface area contributed by atoms with E-state index in [0.717, 1.165) is 10.6 Å². The number of aromatic nitrogens is 4. The van der Waals surface area contributed by atoms with Crippen molar-refractivity contribution in [3.63, 3.8) is 0 Å². The Labute approximate surface area is 200 Å². The summed E-state index contributed by atoms with van der Waals surface area (Å²) in [6.07, 6.45) is 0. The highest BCUT2D eigenvalue weighted by atomic mass is 32.1. The molecule has 0 bridgehead atoms. The molecule has 0 atom stereocenters. The molecule has 0 spiro atoms. The molecule has 1 aromatic carbocycles. The van der Waals surface area contributed by atoms with Gasteiger partial charge in [0, 0.05) is 12.1 Å². The minimum atomic E-state index is -0.380. The van der Waals surface area contributed by atoms with Crippen LogP contribution in [0.15, 0.2) is 58.7 Å². The second-order valence-corrected chi connectivity index (χ2v) is 8.64. The molecule has 176 valence electrons. The molecule has 0 aliphatic heterocycles. The van der Waals surface area contributed by atoms with Crippen LogP contribution >= 0.6 is 11.3 Å². The van der Waals surface area contributed by atoms with E-state index in [0.29, 0.717) is 29.6 Å². The van der Waals surface area contributed by atoms with Gasteiger partial charge in [0.25, 0.3) is 11.5 Å². The molecule has 10 heteroatoms. The molecule has 0 saturated carbocycles. The number of hydrogen-bond acceptors (Lipinski definition) is 7. The van der Waals surface area contributed by atoms with Gasteiger partial charge in [-0.15, -0.1) is 11.3 Å². The summed E-state index contributed by atoms with van der Waals surface area (Å²) in [6, 6.07) is 14.1. The summed E-state index contributed by atoms with van der Waals surface area (Å²) in [7, 11) is 0. The highest BCUT2D eigenvalue weighted by Gasteiger charge is 2.17. The second-order valence-electron chi connectivity index (χ2n) is 7.69. The normalized spacial score (nSPS) is 10.9. The van der Waals surface area contributed by atoms with Gasteiger partial charge >= 0.3 is 0 Å². The summed E-state index contributed by atoms with van der Waals surface area (Å²) in [5.41, 5.74) is 0.983. The monoisotopic (exact) mass is 479 g/mol. The number of hydrogen-bond donors (Lipinski definition) is 2. The Bertz CT molecular complexity index is 1310. The molecule has 0 radical (unpaired) electrons. The summed E-state index contributed by atoms with van der Waals surface area (Å²) in [5.74, 6) is 1.54. The van der Waals surface area contributed by atoms with Gasteiger partial charge in [-0.25, -0.2) is 4.98 Å². The number of carbonyl (C=O) groups excluding carboxylic acids is 1. The zero-order chi connectivity index (χ0) is 24.1. The van der Waals surface area contributed by atoms with E-state index in [1.165, 1.54) is 22.1 Å². The number of nitrogens with one attached hydrogen (secondary N) is 2. The number of anilines is 1. The lowest BCUT2D eigenvalue weighted by atomic mass is 10.1. The SMILES string of the molecule is CCOc1ccc(OCC(=O)Nc2cc(-c3cccs3)nn2-c2nc(C(C)C)cc(=O)[nH]2)cc1. The number of aromatic amines is 1. The number of benzene rings is 1. The molecule has 3 aromatic heterocycles. The van der Waals surface area contributed by atoms with Crippen molar-refractivity contribution in [2.24, 2.45) is 0 Å². The van der Waals surface area contributed by atoms with Crippen LogP contribution in [0.1, 0.15) is 32.4 Å². The molecule has 0 saturated heterocycles. The Morgan fingerprint density at radius 1 is 1.15 bits per heavy atom. The molecule has 2 N–H and O–H groups in total. The summed E-state index contributed by atoms with van der Waals surface area (Å²) in [6.45, 7) is 6.18. The van der Waals surface area contributed by atoms with E-state index in [1.807, 2.05) is 38.3 Å². The van der Waals surface area contributed by atoms with Crippen LogP contribution < -0.4 is 20.3 Å². The molecule has 0 aliphatic carbocycles. The fourth-order valence-electron chi connectivity index (χ4n) is 3.16. The van der Waals surface area contributed by atoms with Crippen LogP contribution in [-0.4, -0.2) is 38.9 Å². The number of carbonyl (C=O) groups is 1. The van der Waals surface area contributed by atoms with E-state index < -0.39 is 0 Å². The quantitative estimate of drug-likeness (QED) is 0.372. The fraction of sp³-hybridized carbons (Fsp3) is 0.250. The summed E-state index contributed by atoms with van der Waals surface area (Å²) < 4.78 is 12.4. The van der Waals surface area contributed by atoms with Gasteiger partial charge in [-0.3, -0.25) is 14.6 Å². The highest BCUT2D eigenvalue weighted by Crippen LogP contribution is 2.27. The topological polar surface area (TPSA) is 111 Å². The van der Waals surface area contributed by atoms with Crippen molar-refractivity contribution < 1.29 is 14.3 Å². The average molecular weight is 480 g/mol. The van der Waals surface area contributed by atoms with E-state index in [9.17, 15) is 9.59 Å². The van der Waals surface area contributed by atoms with Gasteiger partial charge in [0.05, 0.1) is 17.2 Å². The third-order valence-electron chi connectivity index (χ3n) is 4.80. The number of H-pyrrole nitrogens is 1. The van der Waals surface area contributed by atoms with Gasteiger partial charge in [-0.1, -0.05) is 19.9 Å². The van der Waals surface area contributed by atoms with Crippen LogP contribution in [0.5, 0.6) is 11.5 Å². The van der Waals surface area contributed by atoms with Crippen molar-refractivity contribution in [3.05, 3.63) is 70.0 Å². The van der Waals surface area contributed by atoms with E-state index in [2.05, 4.69) is 20.4 Å². The van der Waals surface area contributed by atoms with Crippen LogP contribution in [-0.2, 0) is 4.79 Å². The summed E-state index contributed by atoms with van der Waals surface area (Å²) in [5, 5.41) is 9.35. The van der Waals surface area contributed by atoms with Gasteiger partial charge < -0.3 is 14.8 Å². The third kappa shape index (κ3) is 5.52. The minimum Gasteiger partial charge on any atom is -0.494 e. The zero-order valence-electron chi connectivity index (χ0n) is 19.1. The molecule has 34 heavy (non-hydrogen) atoms. The van der Waals surface area contributed by atoms with Crippen LogP contribution in [0.3, 0.4) is 0 Å². The number of amides is 1. The smallest absolute Gasteiger partial charge is 0.263 e. The highest BCUT2D eigenvalue weighted by molar-refractivity contribution is 7.13. The Kier molecular flexibility index (Phi) is 7.07. The van der Waals surface area contributed by atoms with Gasteiger partial charge in [0.2, 0.25) is 5.95 Å². The summed E-state index contributed by atoms with van der Waals surface area (Å²) in [4.78, 5) is 33.1. The van der Waals surface area contributed by atoms with Gasteiger partial charge in [-0.05, 0) is 48.6 Å². The Morgan fingerprint density at radius 2 is 1.88 bits per heavy atom. The molecule has 4 rings (SSSR count). The van der Waals surface area contributed by atoms with Crippen LogP contribution in [0.4, 0.5) is 5.82 Å². The maximum absolute atomic E-state index is 12.7. The van der Waals surface area contributed by atoms with Crippen molar-refractivity contribution in [2.45, 2.75) is 26.7 Å². The van der Waals surface area contributed by atoms with Crippen molar-refractivity contribution in [1.82, 2.24) is 19.7 Å². The molecule has 0 fully saturated rings. The van der Waals surface area contributed by atoms with Crippen molar-refractivity contribution in [2.75, 3.05) is 18.5 Å². The molecule has 3 heterocycles. The predicted molar refractivity (Wildman–Crippen MR) is 131 cm³/mol. The van der Waals surface area contributed by atoms with E-state index in [1.54, 1.807) is 30.3 Å². The predicted octanol–water partition coefficient (Wildman–Crippen LogP) is 4.22. The van der Waals surface area contributed by atoms with Crippen LogP contribution in [0.2, 0.25) is 0 Å². The third-order valence-corrected chi connectivity index (χ3v) is 5.69. The molecule has 4 aromatic rings. The number of rotatable bonds is 9. The first-order valence-electron chi connectivity index (χ1n) is 10.8. The lowest BCUT2D eigenvalue weighted by Gasteiger charge is -2.11. The van der Waals surface area contributed by atoms with E-state index in [-0.39, 0.29) is 29.9 Å². The first kappa shape index (κ1) is 23.2. The van der Waals surface area contributed by atoms with Crippen LogP contribution in [0, 0.1) is 0 Å².